The van der Waals surface area contributed by atoms with E-state index in [1.165, 1.54) is 0 Å². The molecular weight excluding hydrogens is 190 g/mol. The molecule has 3 heteroatoms. The van der Waals surface area contributed by atoms with Crippen LogP contribution in [-0.2, 0) is 0 Å². The molecule has 0 heterocycles. The van der Waals surface area contributed by atoms with Gasteiger partial charge in [0.1, 0.15) is 5.75 Å². The summed E-state index contributed by atoms with van der Waals surface area (Å²) in [5.41, 5.74) is 0.332. The van der Waals surface area contributed by atoms with Crippen LogP contribution in [-0.4, -0.2) is 24.4 Å². The van der Waals surface area contributed by atoms with E-state index in [2.05, 4.69) is 5.32 Å². The van der Waals surface area contributed by atoms with Crippen LogP contribution in [0, 0.1) is 0 Å². The van der Waals surface area contributed by atoms with Gasteiger partial charge in [-0.2, -0.15) is 0 Å². The Morgan fingerprint density at radius 1 is 1.33 bits per heavy atom. The Labute approximate surface area is 91.1 Å². The maximum atomic E-state index is 9.55. The zero-order valence-corrected chi connectivity index (χ0v) is 9.58. The third-order valence-corrected chi connectivity index (χ3v) is 2.16. The van der Waals surface area contributed by atoms with Crippen molar-refractivity contribution in [3.05, 3.63) is 24.3 Å². The van der Waals surface area contributed by atoms with Gasteiger partial charge in [0.2, 0.25) is 0 Å². The monoisotopic (exact) mass is 209 g/mol. The average Bonchev–Trinajstić information content (AvgIpc) is 2.16. The fourth-order valence-corrected chi connectivity index (χ4v) is 1.29. The van der Waals surface area contributed by atoms with Crippen molar-refractivity contribution in [1.29, 1.82) is 0 Å². The Hall–Kier alpha value is -1.22. The molecular formula is C12H19NO2. The molecule has 2 N–H and O–H groups in total. The Morgan fingerprint density at radius 2 is 2.00 bits per heavy atom. The van der Waals surface area contributed by atoms with Crippen LogP contribution in [0.1, 0.15) is 20.3 Å². The number of nitrogens with one attached hydrogen (secondary N) is 1. The van der Waals surface area contributed by atoms with E-state index in [0.29, 0.717) is 6.42 Å². The zero-order chi connectivity index (χ0) is 11.3. The predicted octanol–water partition coefficient (Wildman–Crippen LogP) is 2.27. The molecule has 0 radical (unpaired) electrons. The van der Waals surface area contributed by atoms with Crippen LogP contribution in [0.3, 0.4) is 0 Å². The van der Waals surface area contributed by atoms with Gasteiger partial charge in [0.25, 0.3) is 0 Å². The third kappa shape index (κ3) is 4.21. The minimum Gasteiger partial charge on any atom is -0.495 e. The largest absolute Gasteiger partial charge is 0.495 e. The van der Waals surface area contributed by atoms with Crippen molar-refractivity contribution in [2.24, 2.45) is 0 Å². The highest BCUT2D eigenvalue weighted by Gasteiger charge is 2.11. The molecule has 0 fully saturated rings. The van der Waals surface area contributed by atoms with E-state index in [1.54, 1.807) is 21.0 Å². The van der Waals surface area contributed by atoms with Crippen LogP contribution < -0.4 is 10.1 Å². The van der Waals surface area contributed by atoms with E-state index in [-0.39, 0.29) is 0 Å². The maximum Gasteiger partial charge on any atom is 0.141 e. The van der Waals surface area contributed by atoms with Crippen LogP contribution in [0.25, 0.3) is 0 Å². The standard InChI is InChI=1S/C12H19NO2/c1-12(2,14)8-9-13-10-6-4-5-7-11(10)15-3/h4-7,13-14H,8-9H2,1-3H3. The molecule has 1 rings (SSSR count). The Morgan fingerprint density at radius 3 is 2.60 bits per heavy atom. The molecule has 1 aromatic rings. The number of para-hydroxylation sites is 2. The number of hydrogen-bond acceptors (Lipinski definition) is 3. The molecule has 0 unspecified atom stereocenters. The van der Waals surface area contributed by atoms with Crippen molar-refractivity contribution in [3.63, 3.8) is 0 Å². The summed E-state index contributed by atoms with van der Waals surface area (Å²) in [6.45, 7) is 4.33. The van der Waals surface area contributed by atoms with Crippen molar-refractivity contribution < 1.29 is 9.84 Å². The maximum absolute atomic E-state index is 9.55. The molecule has 0 saturated heterocycles. The summed E-state index contributed by atoms with van der Waals surface area (Å²) in [5.74, 6) is 0.827. The van der Waals surface area contributed by atoms with Crippen molar-refractivity contribution in [2.45, 2.75) is 25.9 Å². The lowest BCUT2D eigenvalue weighted by Gasteiger charge is -2.18. The van der Waals surface area contributed by atoms with Crippen LogP contribution >= 0.6 is 0 Å². The highest BCUT2D eigenvalue weighted by atomic mass is 16.5. The van der Waals surface area contributed by atoms with Gasteiger partial charge in [0.05, 0.1) is 18.4 Å². The summed E-state index contributed by atoms with van der Waals surface area (Å²) >= 11 is 0. The topological polar surface area (TPSA) is 41.5 Å². The fraction of sp³-hybridized carbons (Fsp3) is 0.500. The first-order valence-corrected chi connectivity index (χ1v) is 5.12. The van der Waals surface area contributed by atoms with E-state index in [0.717, 1.165) is 18.0 Å². The molecule has 0 aliphatic rings. The SMILES string of the molecule is COc1ccccc1NCCC(C)(C)O. The van der Waals surface area contributed by atoms with E-state index in [4.69, 9.17) is 4.74 Å². The van der Waals surface area contributed by atoms with Gasteiger partial charge in [-0.3, -0.25) is 0 Å². The van der Waals surface area contributed by atoms with Gasteiger partial charge in [0.15, 0.2) is 0 Å². The van der Waals surface area contributed by atoms with E-state index >= 15 is 0 Å². The Balaban J connectivity index is 2.50. The number of anilines is 1. The summed E-state index contributed by atoms with van der Waals surface area (Å²) < 4.78 is 5.20. The minimum absolute atomic E-state index is 0.630. The second kappa shape index (κ2) is 5.03. The number of rotatable bonds is 5. The van der Waals surface area contributed by atoms with Crippen molar-refractivity contribution in [3.8, 4) is 5.75 Å². The van der Waals surface area contributed by atoms with Crippen LogP contribution in [0.15, 0.2) is 24.3 Å². The van der Waals surface area contributed by atoms with Gasteiger partial charge < -0.3 is 15.2 Å². The second-order valence-electron chi connectivity index (χ2n) is 4.19. The summed E-state index contributed by atoms with van der Waals surface area (Å²) in [7, 11) is 1.65. The molecule has 0 saturated carbocycles. The molecule has 0 atom stereocenters. The molecule has 84 valence electrons. The first-order valence-electron chi connectivity index (χ1n) is 5.12. The molecule has 3 nitrogen and oxygen atoms in total. The summed E-state index contributed by atoms with van der Waals surface area (Å²) in [5, 5.41) is 12.8. The summed E-state index contributed by atoms with van der Waals surface area (Å²) in [4.78, 5) is 0. The average molecular weight is 209 g/mol. The quantitative estimate of drug-likeness (QED) is 0.781. The molecule has 15 heavy (non-hydrogen) atoms. The summed E-state index contributed by atoms with van der Waals surface area (Å²) in [6.07, 6.45) is 0.699. The first-order chi connectivity index (χ1) is 7.03. The highest BCUT2D eigenvalue weighted by molar-refractivity contribution is 5.55. The number of methoxy groups -OCH3 is 1. The van der Waals surface area contributed by atoms with Crippen molar-refractivity contribution in [2.75, 3.05) is 19.0 Å². The zero-order valence-electron chi connectivity index (χ0n) is 9.58. The normalized spacial score (nSPS) is 11.2. The van der Waals surface area contributed by atoms with Crippen LogP contribution in [0.5, 0.6) is 5.75 Å². The molecule has 0 amide bonds. The predicted molar refractivity (Wildman–Crippen MR) is 62.4 cm³/mol. The summed E-state index contributed by atoms with van der Waals surface area (Å²) in [6, 6.07) is 7.75. The lowest BCUT2D eigenvalue weighted by Crippen LogP contribution is -2.22. The lowest BCUT2D eigenvalue weighted by molar-refractivity contribution is 0.0748. The molecule has 0 spiro atoms. The van der Waals surface area contributed by atoms with E-state index in [1.807, 2.05) is 24.3 Å². The van der Waals surface area contributed by atoms with Gasteiger partial charge in [0, 0.05) is 6.54 Å². The van der Waals surface area contributed by atoms with Gasteiger partial charge in [-0.1, -0.05) is 12.1 Å². The number of benzene rings is 1. The van der Waals surface area contributed by atoms with E-state index in [9.17, 15) is 5.11 Å². The fourth-order valence-electron chi connectivity index (χ4n) is 1.29. The number of hydrogen-bond donors (Lipinski definition) is 2. The van der Waals surface area contributed by atoms with Crippen LogP contribution in [0.4, 0.5) is 5.69 Å². The van der Waals surface area contributed by atoms with Crippen LogP contribution in [0.2, 0.25) is 0 Å². The molecule has 0 aliphatic carbocycles. The lowest BCUT2D eigenvalue weighted by atomic mass is 10.1. The molecule has 0 bridgehead atoms. The minimum atomic E-state index is -0.630. The van der Waals surface area contributed by atoms with Gasteiger partial charge in [-0.05, 0) is 32.4 Å². The number of aliphatic hydroxyl groups is 1. The molecule has 0 aromatic heterocycles. The van der Waals surface area contributed by atoms with Gasteiger partial charge in [-0.25, -0.2) is 0 Å². The van der Waals surface area contributed by atoms with E-state index < -0.39 is 5.60 Å². The third-order valence-electron chi connectivity index (χ3n) is 2.16. The van der Waals surface area contributed by atoms with Gasteiger partial charge in [-0.15, -0.1) is 0 Å². The Kier molecular flexibility index (Phi) is 3.97. The Bertz CT molecular complexity index is 305. The smallest absolute Gasteiger partial charge is 0.141 e. The van der Waals surface area contributed by atoms with Crippen molar-refractivity contribution in [1.82, 2.24) is 0 Å². The first kappa shape index (κ1) is 11.9. The van der Waals surface area contributed by atoms with Crippen molar-refractivity contribution >= 4 is 5.69 Å². The van der Waals surface area contributed by atoms with Gasteiger partial charge >= 0.3 is 0 Å². The highest BCUT2D eigenvalue weighted by Crippen LogP contribution is 2.23. The number of ether oxygens (including phenoxy) is 1. The molecule has 1 aromatic carbocycles. The second-order valence-corrected chi connectivity index (χ2v) is 4.19. The molecule has 0 aliphatic heterocycles.